The molecule has 0 aromatic heterocycles. The van der Waals surface area contributed by atoms with E-state index >= 15 is 0 Å². The third-order valence-corrected chi connectivity index (χ3v) is 4.02. The van der Waals surface area contributed by atoms with Crippen molar-refractivity contribution in [3.05, 3.63) is 0 Å². The van der Waals surface area contributed by atoms with Crippen LogP contribution in [0, 0.1) is 11.8 Å². The Hall–Kier alpha value is -0.610. The van der Waals surface area contributed by atoms with Crippen LogP contribution in [-0.4, -0.2) is 31.7 Å². The van der Waals surface area contributed by atoms with E-state index in [0.717, 1.165) is 32.3 Å². The second kappa shape index (κ2) is 9.32. The summed E-state index contributed by atoms with van der Waals surface area (Å²) >= 11 is 0. The number of amides is 1. The second-order valence-electron chi connectivity index (χ2n) is 5.91. The van der Waals surface area contributed by atoms with Crippen molar-refractivity contribution in [2.24, 2.45) is 17.6 Å². The highest BCUT2D eigenvalue weighted by Crippen LogP contribution is 2.20. The molecule has 1 saturated heterocycles. The molecule has 4 nitrogen and oxygen atoms in total. The van der Waals surface area contributed by atoms with Gasteiger partial charge < -0.3 is 15.8 Å². The minimum Gasteiger partial charge on any atom is -0.376 e. The van der Waals surface area contributed by atoms with Crippen LogP contribution in [0.15, 0.2) is 0 Å². The Bertz CT molecular complexity index is 251. The lowest BCUT2D eigenvalue weighted by Gasteiger charge is -2.23. The maximum Gasteiger partial charge on any atom is 0.220 e. The summed E-state index contributed by atoms with van der Waals surface area (Å²) in [5, 5.41) is 2.99. The number of nitrogens with two attached hydrogens (primary N) is 1. The van der Waals surface area contributed by atoms with Gasteiger partial charge in [0.05, 0.1) is 6.10 Å². The molecule has 19 heavy (non-hydrogen) atoms. The number of carbonyl (C=O) groups excluding carboxylic acids is 1. The Morgan fingerprint density at radius 1 is 1.37 bits per heavy atom. The molecule has 0 aromatic carbocycles. The van der Waals surface area contributed by atoms with Crippen molar-refractivity contribution in [3.63, 3.8) is 0 Å². The first-order valence-electron chi connectivity index (χ1n) is 7.71. The quantitative estimate of drug-likeness (QED) is 0.709. The average molecular weight is 270 g/mol. The van der Waals surface area contributed by atoms with Crippen LogP contribution in [-0.2, 0) is 9.53 Å². The largest absolute Gasteiger partial charge is 0.376 e. The average Bonchev–Trinajstić information content (AvgIpc) is 2.42. The number of hydrogen-bond acceptors (Lipinski definition) is 3. The summed E-state index contributed by atoms with van der Waals surface area (Å²) in [5.41, 5.74) is 5.61. The van der Waals surface area contributed by atoms with Crippen molar-refractivity contribution < 1.29 is 9.53 Å². The van der Waals surface area contributed by atoms with Crippen molar-refractivity contribution in [2.75, 3.05) is 19.7 Å². The maximum atomic E-state index is 11.8. The van der Waals surface area contributed by atoms with Gasteiger partial charge in [0.2, 0.25) is 5.91 Å². The molecular formula is C15H30N2O2. The van der Waals surface area contributed by atoms with E-state index in [-0.39, 0.29) is 12.0 Å². The topological polar surface area (TPSA) is 64.4 Å². The number of carbonyl (C=O) groups is 1. The van der Waals surface area contributed by atoms with E-state index in [1.807, 2.05) is 0 Å². The minimum absolute atomic E-state index is 0.150. The number of ether oxygens (including phenoxy) is 1. The van der Waals surface area contributed by atoms with Gasteiger partial charge in [-0.15, -0.1) is 0 Å². The van der Waals surface area contributed by atoms with Gasteiger partial charge in [0.1, 0.15) is 0 Å². The Labute approximate surface area is 117 Å². The first-order chi connectivity index (χ1) is 9.13. The van der Waals surface area contributed by atoms with Crippen molar-refractivity contribution >= 4 is 5.91 Å². The monoisotopic (exact) mass is 270 g/mol. The van der Waals surface area contributed by atoms with Gasteiger partial charge in [0.15, 0.2) is 0 Å². The molecule has 2 atom stereocenters. The molecule has 0 spiro atoms. The summed E-state index contributed by atoms with van der Waals surface area (Å²) in [6.45, 7) is 6.62. The van der Waals surface area contributed by atoms with Gasteiger partial charge in [0.25, 0.3) is 0 Å². The standard InChI is InChI=1S/C15H30N2O2/c1-12(2)13(8-9-16)6-7-15(18)17-11-14-5-3-4-10-19-14/h12-14H,3-11,16H2,1-2H3,(H,17,18). The molecular weight excluding hydrogens is 240 g/mol. The minimum atomic E-state index is 0.150. The fourth-order valence-electron chi connectivity index (χ4n) is 2.63. The molecule has 0 saturated carbocycles. The van der Waals surface area contributed by atoms with Gasteiger partial charge in [-0.2, -0.15) is 0 Å². The molecule has 0 aromatic rings. The summed E-state index contributed by atoms with van der Waals surface area (Å²) in [6.07, 6.45) is 6.22. The van der Waals surface area contributed by atoms with Crippen molar-refractivity contribution in [2.45, 2.75) is 58.5 Å². The molecule has 112 valence electrons. The highest BCUT2D eigenvalue weighted by molar-refractivity contribution is 5.75. The van der Waals surface area contributed by atoms with Crippen LogP contribution in [0.1, 0.15) is 52.4 Å². The zero-order valence-electron chi connectivity index (χ0n) is 12.5. The third kappa shape index (κ3) is 6.92. The zero-order valence-corrected chi connectivity index (χ0v) is 12.5. The van der Waals surface area contributed by atoms with Crippen molar-refractivity contribution in [1.29, 1.82) is 0 Å². The molecule has 1 aliphatic heterocycles. The van der Waals surface area contributed by atoms with Crippen LogP contribution in [0.4, 0.5) is 0 Å². The maximum absolute atomic E-state index is 11.8. The van der Waals surface area contributed by atoms with Crippen LogP contribution in [0.2, 0.25) is 0 Å². The number of hydrogen-bond donors (Lipinski definition) is 2. The molecule has 0 bridgehead atoms. The van der Waals surface area contributed by atoms with E-state index < -0.39 is 0 Å². The molecule has 1 aliphatic rings. The predicted molar refractivity (Wildman–Crippen MR) is 77.8 cm³/mol. The van der Waals surface area contributed by atoms with Crippen LogP contribution >= 0.6 is 0 Å². The lowest BCUT2D eigenvalue weighted by Crippen LogP contribution is -2.35. The Morgan fingerprint density at radius 2 is 2.16 bits per heavy atom. The molecule has 3 N–H and O–H groups in total. The molecule has 0 aliphatic carbocycles. The molecule has 1 heterocycles. The van der Waals surface area contributed by atoms with Crippen LogP contribution in [0.3, 0.4) is 0 Å². The van der Waals surface area contributed by atoms with Gasteiger partial charge in [0, 0.05) is 19.6 Å². The fraction of sp³-hybridized carbons (Fsp3) is 0.933. The highest BCUT2D eigenvalue weighted by Gasteiger charge is 2.17. The first-order valence-corrected chi connectivity index (χ1v) is 7.71. The van der Waals surface area contributed by atoms with E-state index in [0.29, 0.717) is 31.3 Å². The van der Waals surface area contributed by atoms with Crippen LogP contribution in [0.5, 0.6) is 0 Å². The zero-order chi connectivity index (χ0) is 14.1. The van der Waals surface area contributed by atoms with Gasteiger partial charge in [-0.25, -0.2) is 0 Å². The normalized spacial score (nSPS) is 21.4. The smallest absolute Gasteiger partial charge is 0.220 e. The van der Waals surface area contributed by atoms with Gasteiger partial charge in [-0.1, -0.05) is 13.8 Å². The number of rotatable bonds is 8. The number of nitrogens with one attached hydrogen (secondary N) is 1. The molecule has 1 amide bonds. The SMILES string of the molecule is CC(C)C(CCN)CCC(=O)NCC1CCCCO1. The van der Waals surface area contributed by atoms with Gasteiger partial charge in [-0.3, -0.25) is 4.79 Å². The van der Waals surface area contributed by atoms with Crippen LogP contribution in [0.25, 0.3) is 0 Å². The first kappa shape index (κ1) is 16.4. The van der Waals surface area contributed by atoms with Gasteiger partial charge in [-0.05, 0) is 50.5 Å². The molecule has 1 rings (SSSR count). The Morgan fingerprint density at radius 3 is 2.74 bits per heavy atom. The van der Waals surface area contributed by atoms with Gasteiger partial charge >= 0.3 is 0 Å². The lowest BCUT2D eigenvalue weighted by atomic mass is 9.88. The molecule has 1 fully saturated rings. The highest BCUT2D eigenvalue weighted by atomic mass is 16.5. The lowest BCUT2D eigenvalue weighted by molar-refractivity contribution is -0.122. The third-order valence-electron chi connectivity index (χ3n) is 4.02. The molecule has 0 radical (unpaired) electrons. The summed E-state index contributed by atoms with van der Waals surface area (Å²) in [6, 6.07) is 0. The van der Waals surface area contributed by atoms with E-state index in [2.05, 4.69) is 19.2 Å². The van der Waals surface area contributed by atoms with Crippen molar-refractivity contribution in [1.82, 2.24) is 5.32 Å². The summed E-state index contributed by atoms with van der Waals surface area (Å²) in [4.78, 5) is 11.8. The Kier molecular flexibility index (Phi) is 8.07. The second-order valence-corrected chi connectivity index (χ2v) is 5.91. The van der Waals surface area contributed by atoms with E-state index in [1.165, 1.54) is 6.42 Å². The van der Waals surface area contributed by atoms with E-state index in [9.17, 15) is 4.79 Å². The predicted octanol–water partition coefficient (Wildman–Crippen LogP) is 2.07. The van der Waals surface area contributed by atoms with Crippen molar-refractivity contribution in [3.8, 4) is 0 Å². The molecule has 4 heteroatoms. The summed E-state index contributed by atoms with van der Waals surface area (Å²) in [5.74, 6) is 1.30. The van der Waals surface area contributed by atoms with Crippen LogP contribution < -0.4 is 11.1 Å². The summed E-state index contributed by atoms with van der Waals surface area (Å²) < 4.78 is 5.60. The fourth-order valence-corrected chi connectivity index (χ4v) is 2.63. The Balaban J connectivity index is 2.15. The van der Waals surface area contributed by atoms with E-state index in [4.69, 9.17) is 10.5 Å². The molecule has 2 unspecified atom stereocenters. The van der Waals surface area contributed by atoms with E-state index in [1.54, 1.807) is 0 Å². The summed E-state index contributed by atoms with van der Waals surface area (Å²) in [7, 11) is 0.